The Morgan fingerprint density at radius 3 is 2.52 bits per heavy atom. The van der Waals surface area contributed by atoms with Crippen LogP contribution in [-0.4, -0.2) is 20.2 Å². The van der Waals surface area contributed by atoms with Crippen molar-refractivity contribution in [3.63, 3.8) is 0 Å². The molecule has 0 spiro atoms. The quantitative estimate of drug-likeness (QED) is 0.505. The van der Waals surface area contributed by atoms with Crippen LogP contribution < -0.4 is 10.6 Å². The van der Waals surface area contributed by atoms with E-state index in [4.69, 9.17) is 0 Å². The maximum atomic E-state index is 4.64. The topological polar surface area (TPSA) is 78.5 Å². The summed E-state index contributed by atoms with van der Waals surface area (Å²) in [4.78, 5) is 9.24. The van der Waals surface area contributed by atoms with Crippen molar-refractivity contribution in [2.75, 3.05) is 10.6 Å². The van der Waals surface area contributed by atoms with E-state index in [1.807, 2.05) is 60.7 Å². The van der Waals surface area contributed by atoms with Crippen LogP contribution in [0.4, 0.5) is 23.3 Å². The molecule has 0 atom stereocenters. The van der Waals surface area contributed by atoms with Crippen LogP contribution in [0.2, 0.25) is 0 Å². The van der Waals surface area contributed by atoms with Crippen molar-refractivity contribution in [1.82, 2.24) is 20.2 Å². The lowest BCUT2D eigenvalue weighted by molar-refractivity contribution is 0.976. The molecule has 3 N–H and O–H groups in total. The van der Waals surface area contributed by atoms with E-state index in [0.29, 0.717) is 5.95 Å². The molecule has 25 heavy (non-hydrogen) atoms. The Bertz CT molecular complexity index is 993. The van der Waals surface area contributed by atoms with E-state index in [1.54, 1.807) is 0 Å². The number of aromatic amines is 1. The van der Waals surface area contributed by atoms with Crippen molar-refractivity contribution in [1.29, 1.82) is 0 Å². The molecule has 4 aromatic rings. The highest BCUT2D eigenvalue weighted by molar-refractivity contribution is 5.91. The number of rotatable bonds is 5. The zero-order chi connectivity index (χ0) is 17.1. The maximum absolute atomic E-state index is 4.64. The van der Waals surface area contributed by atoms with Crippen molar-refractivity contribution in [2.24, 2.45) is 0 Å². The summed E-state index contributed by atoms with van der Waals surface area (Å²) < 4.78 is 0. The van der Waals surface area contributed by atoms with Gasteiger partial charge in [0.25, 0.3) is 0 Å². The number of hydrogen-bond acceptors (Lipinski definition) is 5. The molecule has 0 aliphatic heterocycles. The van der Waals surface area contributed by atoms with Crippen LogP contribution in [0.3, 0.4) is 0 Å². The van der Waals surface area contributed by atoms with Gasteiger partial charge in [0.05, 0.1) is 5.52 Å². The summed E-state index contributed by atoms with van der Waals surface area (Å²) in [7, 11) is 0. The molecule has 6 heteroatoms. The standard InChI is InChI=1S/C19H18N6/c1-2-13-12-17(25-24-13)22-18-15-10-6-7-11-16(15)21-19(23-18)20-14-8-4-3-5-9-14/h3-12H,2H2,1H3,(H3,20,21,22,23,24,25). The number of nitrogens with one attached hydrogen (secondary N) is 3. The highest BCUT2D eigenvalue weighted by Crippen LogP contribution is 2.25. The molecule has 6 nitrogen and oxygen atoms in total. The first kappa shape index (κ1) is 15.1. The number of anilines is 4. The number of para-hydroxylation sites is 2. The molecule has 0 unspecified atom stereocenters. The van der Waals surface area contributed by atoms with Crippen LogP contribution in [0.5, 0.6) is 0 Å². The van der Waals surface area contributed by atoms with Crippen LogP contribution in [0, 0.1) is 0 Å². The lowest BCUT2D eigenvalue weighted by Crippen LogP contribution is -2.02. The minimum Gasteiger partial charge on any atom is -0.324 e. The summed E-state index contributed by atoms with van der Waals surface area (Å²) in [5.41, 5.74) is 2.88. The maximum Gasteiger partial charge on any atom is 0.229 e. The van der Waals surface area contributed by atoms with Crippen LogP contribution in [-0.2, 0) is 6.42 Å². The Labute approximate surface area is 145 Å². The van der Waals surface area contributed by atoms with Crippen LogP contribution >= 0.6 is 0 Å². The second-order valence-electron chi connectivity index (χ2n) is 5.66. The largest absolute Gasteiger partial charge is 0.324 e. The zero-order valence-corrected chi connectivity index (χ0v) is 13.8. The summed E-state index contributed by atoms with van der Waals surface area (Å²) in [6.07, 6.45) is 0.903. The zero-order valence-electron chi connectivity index (χ0n) is 13.8. The average Bonchev–Trinajstić information content (AvgIpc) is 3.10. The monoisotopic (exact) mass is 330 g/mol. The molecular weight excluding hydrogens is 312 g/mol. The van der Waals surface area contributed by atoms with Crippen molar-refractivity contribution < 1.29 is 0 Å². The number of fused-ring (bicyclic) bond motifs is 1. The van der Waals surface area contributed by atoms with Crippen molar-refractivity contribution in [3.05, 3.63) is 66.4 Å². The van der Waals surface area contributed by atoms with E-state index in [2.05, 4.69) is 37.7 Å². The number of H-pyrrole nitrogens is 1. The normalized spacial score (nSPS) is 10.8. The van der Waals surface area contributed by atoms with Crippen LogP contribution in [0.25, 0.3) is 10.9 Å². The Morgan fingerprint density at radius 1 is 0.920 bits per heavy atom. The van der Waals surface area contributed by atoms with Gasteiger partial charge in [-0.05, 0) is 30.7 Å². The van der Waals surface area contributed by atoms with Crippen molar-refractivity contribution >= 4 is 34.2 Å². The third-order valence-corrected chi connectivity index (χ3v) is 3.89. The van der Waals surface area contributed by atoms with Gasteiger partial charge in [-0.2, -0.15) is 10.1 Å². The summed E-state index contributed by atoms with van der Waals surface area (Å²) in [6.45, 7) is 2.08. The molecule has 0 bridgehead atoms. The summed E-state index contributed by atoms with van der Waals surface area (Å²) in [6, 6.07) is 19.8. The lowest BCUT2D eigenvalue weighted by atomic mass is 10.2. The molecule has 2 aromatic carbocycles. The Hall–Kier alpha value is -3.41. The molecule has 0 saturated carbocycles. The average molecular weight is 330 g/mol. The van der Waals surface area contributed by atoms with Gasteiger partial charge in [-0.1, -0.05) is 37.3 Å². The summed E-state index contributed by atoms with van der Waals surface area (Å²) in [5.74, 6) is 2.00. The number of hydrogen-bond donors (Lipinski definition) is 3. The van der Waals surface area contributed by atoms with E-state index < -0.39 is 0 Å². The van der Waals surface area contributed by atoms with E-state index in [-0.39, 0.29) is 0 Å². The van der Waals surface area contributed by atoms with Gasteiger partial charge in [0.15, 0.2) is 5.82 Å². The first-order valence-corrected chi connectivity index (χ1v) is 8.22. The van der Waals surface area contributed by atoms with Gasteiger partial charge in [0.2, 0.25) is 5.95 Å². The highest BCUT2D eigenvalue weighted by atomic mass is 15.2. The first-order chi connectivity index (χ1) is 12.3. The fourth-order valence-corrected chi connectivity index (χ4v) is 2.61. The molecule has 0 saturated heterocycles. The molecule has 0 amide bonds. The van der Waals surface area contributed by atoms with Gasteiger partial charge < -0.3 is 10.6 Å². The second-order valence-corrected chi connectivity index (χ2v) is 5.66. The fourth-order valence-electron chi connectivity index (χ4n) is 2.61. The molecule has 124 valence electrons. The van der Waals surface area contributed by atoms with E-state index in [0.717, 1.165) is 40.3 Å². The Balaban J connectivity index is 1.73. The first-order valence-electron chi connectivity index (χ1n) is 8.22. The Kier molecular flexibility index (Phi) is 4.00. The Morgan fingerprint density at radius 2 is 1.72 bits per heavy atom. The molecule has 4 rings (SSSR count). The SMILES string of the molecule is CCc1cc(Nc2nc(Nc3ccccc3)nc3ccccc23)n[nH]1. The van der Waals surface area contributed by atoms with Crippen molar-refractivity contribution in [2.45, 2.75) is 13.3 Å². The summed E-state index contributed by atoms with van der Waals surface area (Å²) >= 11 is 0. The third kappa shape index (κ3) is 3.28. The number of nitrogens with zero attached hydrogens (tertiary/aromatic N) is 3. The minimum absolute atomic E-state index is 0.540. The van der Waals surface area contributed by atoms with E-state index in [1.165, 1.54) is 0 Å². The third-order valence-electron chi connectivity index (χ3n) is 3.89. The predicted octanol–water partition coefficient (Wildman–Crippen LogP) is 4.40. The van der Waals surface area contributed by atoms with E-state index >= 15 is 0 Å². The van der Waals surface area contributed by atoms with Crippen molar-refractivity contribution in [3.8, 4) is 0 Å². The molecule has 2 heterocycles. The van der Waals surface area contributed by atoms with E-state index in [9.17, 15) is 0 Å². The summed E-state index contributed by atoms with van der Waals surface area (Å²) in [5, 5.41) is 14.8. The van der Waals surface area contributed by atoms with Gasteiger partial charge in [0, 0.05) is 22.8 Å². The molecule has 2 aromatic heterocycles. The van der Waals surface area contributed by atoms with Gasteiger partial charge in [0.1, 0.15) is 5.82 Å². The number of benzene rings is 2. The molecule has 0 aliphatic carbocycles. The van der Waals surface area contributed by atoms with Crippen LogP contribution in [0.15, 0.2) is 60.7 Å². The smallest absolute Gasteiger partial charge is 0.229 e. The number of aryl methyl sites for hydroxylation is 1. The lowest BCUT2D eigenvalue weighted by Gasteiger charge is -2.10. The molecule has 0 aliphatic rings. The fraction of sp³-hybridized carbons (Fsp3) is 0.105. The van der Waals surface area contributed by atoms with Gasteiger partial charge in [-0.3, -0.25) is 5.10 Å². The predicted molar refractivity (Wildman–Crippen MR) is 101 cm³/mol. The van der Waals surface area contributed by atoms with Gasteiger partial charge in [-0.25, -0.2) is 4.98 Å². The van der Waals surface area contributed by atoms with Crippen LogP contribution in [0.1, 0.15) is 12.6 Å². The molecule has 0 radical (unpaired) electrons. The minimum atomic E-state index is 0.540. The second kappa shape index (κ2) is 6.60. The van der Waals surface area contributed by atoms with Gasteiger partial charge >= 0.3 is 0 Å². The molecule has 0 fully saturated rings. The highest BCUT2D eigenvalue weighted by Gasteiger charge is 2.09. The molecular formula is C19H18N6. The van der Waals surface area contributed by atoms with Gasteiger partial charge in [-0.15, -0.1) is 0 Å². The number of aromatic nitrogens is 4.